The Morgan fingerprint density at radius 3 is 2.30 bits per heavy atom. The molecule has 2 aromatic carbocycles. The van der Waals surface area contributed by atoms with Gasteiger partial charge in [0.2, 0.25) is 0 Å². The second-order valence-corrected chi connectivity index (χ2v) is 7.08. The molecule has 1 aliphatic heterocycles. The van der Waals surface area contributed by atoms with E-state index in [4.69, 9.17) is 21.7 Å². The molecule has 0 saturated carbocycles. The van der Waals surface area contributed by atoms with Crippen LogP contribution in [0.5, 0.6) is 11.5 Å². The summed E-state index contributed by atoms with van der Waals surface area (Å²) in [5.74, 6) is 1.35. The molecule has 3 rings (SSSR count). The first-order valence-corrected chi connectivity index (χ1v) is 9.66. The highest BCUT2D eigenvalue weighted by Gasteiger charge is 2.13. The number of methoxy groups -OCH3 is 2. The van der Waals surface area contributed by atoms with Crippen LogP contribution in [0.1, 0.15) is 31.4 Å². The number of thiocarbonyl (C=S) groups is 1. The fourth-order valence-corrected chi connectivity index (χ4v) is 3.60. The molecule has 1 aliphatic rings. The molecule has 0 aliphatic carbocycles. The standard InChI is InChI=1S/C21H27N3O2S/c1-15(16-6-9-18(10-7-16)24-12-4-5-13-24)22-21(27)23-17-8-11-19(25-2)20(14-17)26-3/h6-11,14-15H,4-5,12-13H2,1-3H3,(H2,22,23,27)/t15-/m0/s1. The van der Waals surface area contributed by atoms with Crippen LogP contribution in [0, 0.1) is 0 Å². The number of benzene rings is 2. The summed E-state index contributed by atoms with van der Waals surface area (Å²) in [5.41, 5.74) is 3.35. The van der Waals surface area contributed by atoms with Crippen molar-refractivity contribution in [3.05, 3.63) is 48.0 Å². The summed E-state index contributed by atoms with van der Waals surface area (Å²) in [6.45, 7) is 4.42. The molecule has 5 nitrogen and oxygen atoms in total. The van der Waals surface area contributed by atoms with E-state index in [2.05, 4.69) is 46.7 Å². The zero-order valence-corrected chi connectivity index (χ0v) is 16.9. The summed E-state index contributed by atoms with van der Waals surface area (Å²) in [7, 11) is 3.24. The SMILES string of the molecule is COc1ccc(NC(=S)N[C@@H](C)c2ccc(N3CCCC3)cc2)cc1OC. The Morgan fingerprint density at radius 2 is 1.67 bits per heavy atom. The van der Waals surface area contributed by atoms with Gasteiger partial charge in [0.05, 0.1) is 20.3 Å². The van der Waals surface area contributed by atoms with Crippen LogP contribution < -0.4 is 25.0 Å². The second-order valence-electron chi connectivity index (χ2n) is 6.68. The maximum absolute atomic E-state index is 5.46. The van der Waals surface area contributed by atoms with E-state index in [1.807, 2.05) is 18.2 Å². The van der Waals surface area contributed by atoms with E-state index in [-0.39, 0.29) is 6.04 Å². The first-order valence-electron chi connectivity index (χ1n) is 9.25. The number of hydrogen-bond donors (Lipinski definition) is 2. The van der Waals surface area contributed by atoms with Crippen molar-refractivity contribution >= 4 is 28.7 Å². The van der Waals surface area contributed by atoms with Crippen molar-refractivity contribution < 1.29 is 9.47 Å². The van der Waals surface area contributed by atoms with Crippen molar-refractivity contribution in [2.75, 3.05) is 37.5 Å². The van der Waals surface area contributed by atoms with E-state index >= 15 is 0 Å². The molecule has 0 amide bonds. The van der Waals surface area contributed by atoms with Gasteiger partial charge in [-0.05, 0) is 61.8 Å². The summed E-state index contributed by atoms with van der Waals surface area (Å²) in [6, 6.07) is 14.5. The van der Waals surface area contributed by atoms with E-state index in [0.29, 0.717) is 16.6 Å². The van der Waals surface area contributed by atoms with Gasteiger partial charge < -0.3 is 25.0 Å². The van der Waals surface area contributed by atoms with E-state index < -0.39 is 0 Å². The lowest BCUT2D eigenvalue weighted by molar-refractivity contribution is 0.355. The van der Waals surface area contributed by atoms with Crippen LogP contribution in [0.15, 0.2) is 42.5 Å². The largest absolute Gasteiger partial charge is 0.493 e. The number of rotatable bonds is 6. The molecule has 1 atom stereocenters. The summed E-state index contributed by atoms with van der Waals surface area (Å²) < 4.78 is 10.6. The van der Waals surface area contributed by atoms with Crippen LogP contribution in [0.4, 0.5) is 11.4 Å². The number of nitrogens with zero attached hydrogens (tertiary/aromatic N) is 1. The smallest absolute Gasteiger partial charge is 0.171 e. The molecule has 0 unspecified atom stereocenters. The molecule has 6 heteroatoms. The van der Waals surface area contributed by atoms with Gasteiger partial charge in [-0.2, -0.15) is 0 Å². The van der Waals surface area contributed by atoms with Crippen molar-refractivity contribution in [1.29, 1.82) is 0 Å². The lowest BCUT2D eigenvalue weighted by atomic mass is 10.1. The zero-order valence-electron chi connectivity index (χ0n) is 16.1. The average Bonchev–Trinajstić information content (AvgIpc) is 3.22. The van der Waals surface area contributed by atoms with Crippen LogP contribution in [0.3, 0.4) is 0 Å². The maximum Gasteiger partial charge on any atom is 0.171 e. The Morgan fingerprint density at radius 1 is 1.00 bits per heavy atom. The maximum atomic E-state index is 5.46. The predicted octanol–water partition coefficient (Wildman–Crippen LogP) is 4.35. The number of nitrogens with one attached hydrogen (secondary N) is 2. The van der Waals surface area contributed by atoms with Gasteiger partial charge in [-0.15, -0.1) is 0 Å². The van der Waals surface area contributed by atoms with Crippen molar-refractivity contribution in [3.8, 4) is 11.5 Å². The van der Waals surface area contributed by atoms with Crippen LogP contribution in [0.25, 0.3) is 0 Å². The molecule has 2 aromatic rings. The Hall–Kier alpha value is -2.47. The lowest BCUT2D eigenvalue weighted by Crippen LogP contribution is -2.30. The predicted molar refractivity (Wildman–Crippen MR) is 115 cm³/mol. The van der Waals surface area contributed by atoms with Gasteiger partial charge in [0.1, 0.15) is 0 Å². The van der Waals surface area contributed by atoms with E-state index in [0.717, 1.165) is 18.8 Å². The summed E-state index contributed by atoms with van der Waals surface area (Å²) in [6.07, 6.45) is 2.57. The van der Waals surface area contributed by atoms with Crippen molar-refractivity contribution in [2.45, 2.75) is 25.8 Å². The summed E-state index contributed by atoms with van der Waals surface area (Å²) in [5, 5.41) is 7.10. The van der Waals surface area contributed by atoms with Crippen molar-refractivity contribution in [1.82, 2.24) is 5.32 Å². The topological polar surface area (TPSA) is 45.8 Å². The van der Waals surface area contributed by atoms with E-state index in [1.165, 1.54) is 24.1 Å². The van der Waals surface area contributed by atoms with Gasteiger partial charge in [0, 0.05) is 30.5 Å². The molecule has 1 fully saturated rings. The molecule has 0 bridgehead atoms. The Labute approximate surface area is 166 Å². The van der Waals surface area contributed by atoms with Gasteiger partial charge in [-0.1, -0.05) is 12.1 Å². The minimum absolute atomic E-state index is 0.109. The van der Waals surface area contributed by atoms with Crippen LogP contribution in [0.2, 0.25) is 0 Å². The van der Waals surface area contributed by atoms with Crippen molar-refractivity contribution in [3.63, 3.8) is 0 Å². The van der Waals surface area contributed by atoms with Gasteiger partial charge in [0.15, 0.2) is 16.6 Å². The van der Waals surface area contributed by atoms with Crippen molar-refractivity contribution in [2.24, 2.45) is 0 Å². The lowest BCUT2D eigenvalue weighted by Gasteiger charge is -2.21. The van der Waals surface area contributed by atoms with Gasteiger partial charge >= 0.3 is 0 Å². The third-order valence-electron chi connectivity index (χ3n) is 4.85. The quantitative estimate of drug-likeness (QED) is 0.721. The van der Waals surface area contributed by atoms with Crippen LogP contribution in [-0.2, 0) is 0 Å². The average molecular weight is 386 g/mol. The number of hydrogen-bond acceptors (Lipinski definition) is 4. The number of anilines is 2. The molecule has 2 N–H and O–H groups in total. The van der Waals surface area contributed by atoms with E-state index in [9.17, 15) is 0 Å². The number of ether oxygens (including phenoxy) is 2. The minimum Gasteiger partial charge on any atom is -0.493 e. The highest BCUT2D eigenvalue weighted by molar-refractivity contribution is 7.80. The molecule has 0 radical (unpaired) electrons. The first-order chi connectivity index (χ1) is 13.1. The molecule has 0 spiro atoms. The van der Waals surface area contributed by atoms with Gasteiger partial charge in [0.25, 0.3) is 0 Å². The molecule has 0 aromatic heterocycles. The van der Waals surface area contributed by atoms with Crippen LogP contribution in [-0.4, -0.2) is 32.4 Å². The molecule has 1 heterocycles. The minimum atomic E-state index is 0.109. The zero-order chi connectivity index (χ0) is 19.2. The molecule has 1 saturated heterocycles. The molecule has 27 heavy (non-hydrogen) atoms. The molecule has 144 valence electrons. The van der Waals surface area contributed by atoms with E-state index in [1.54, 1.807) is 14.2 Å². The fourth-order valence-electron chi connectivity index (χ4n) is 3.31. The first kappa shape index (κ1) is 19.3. The Kier molecular flexibility index (Phi) is 6.40. The summed E-state index contributed by atoms with van der Waals surface area (Å²) in [4.78, 5) is 2.44. The third-order valence-corrected chi connectivity index (χ3v) is 5.07. The fraction of sp³-hybridized carbons (Fsp3) is 0.381. The molecular formula is C21H27N3O2S. The summed E-state index contributed by atoms with van der Waals surface area (Å²) >= 11 is 5.46. The second kappa shape index (κ2) is 8.95. The third kappa shape index (κ3) is 4.83. The highest BCUT2D eigenvalue weighted by atomic mass is 32.1. The normalized spacial score (nSPS) is 14.6. The van der Waals surface area contributed by atoms with Gasteiger partial charge in [-0.25, -0.2) is 0 Å². The van der Waals surface area contributed by atoms with Gasteiger partial charge in [-0.3, -0.25) is 0 Å². The Bertz CT molecular complexity index is 773. The Balaban J connectivity index is 1.58. The monoisotopic (exact) mass is 385 g/mol. The van der Waals surface area contributed by atoms with Crippen LogP contribution >= 0.6 is 12.2 Å². The highest BCUT2D eigenvalue weighted by Crippen LogP contribution is 2.29. The molecular weight excluding hydrogens is 358 g/mol.